The van der Waals surface area contributed by atoms with E-state index < -0.39 is 0 Å². The number of ether oxygens (including phenoxy) is 1. The Kier molecular flexibility index (Phi) is 6.69. The molecule has 0 bridgehead atoms. The van der Waals surface area contributed by atoms with Gasteiger partial charge in [0, 0.05) is 24.4 Å². The number of nitrogens with zero attached hydrogens (tertiary/aromatic N) is 2. The lowest BCUT2D eigenvalue weighted by Crippen LogP contribution is -2.43. The van der Waals surface area contributed by atoms with E-state index in [1.54, 1.807) is 16.2 Å². The van der Waals surface area contributed by atoms with E-state index >= 15 is 0 Å². The monoisotopic (exact) mass is 427 g/mol. The van der Waals surface area contributed by atoms with Crippen molar-refractivity contribution in [2.75, 3.05) is 37.7 Å². The van der Waals surface area contributed by atoms with Gasteiger partial charge in [0.25, 0.3) is 5.91 Å². The SMILES string of the molecule is CC1CCN([C@H](CNC(=O)CCN2C(=O)COc3ccccc32)c2cccs2)CC1. The van der Waals surface area contributed by atoms with Crippen LogP contribution in [0.3, 0.4) is 0 Å². The summed E-state index contributed by atoms with van der Waals surface area (Å²) in [5.74, 6) is 1.32. The van der Waals surface area contributed by atoms with Crippen molar-refractivity contribution in [3.63, 3.8) is 0 Å². The second-order valence-corrected chi connectivity index (χ2v) is 9.08. The van der Waals surface area contributed by atoms with Gasteiger partial charge >= 0.3 is 0 Å². The van der Waals surface area contributed by atoms with Crippen molar-refractivity contribution in [3.05, 3.63) is 46.7 Å². The smallest absolute Gasteiger partial charge is 0.265 e. The summed E-state index contributed by atoms with van der Waals surface area (Å²) >= 11 is 1.75. The van der Waals surface area contributed by atoms with Gasteiger partial charge in [-0.3, -0.25) is 14.5 Å². The molecule has 2 amide bonds. The van der Waals surface area contributed by atoms with E-state index in [9.17, 15) is 9.59 Å². The molecule has 0 saturated carbocycles. The molecular weight excluding hydrogens is 398 g/mol. The van der Waals surface area contributed by atoms with Crippen LogP contribution in [0.2, 0.25) is 0 Å². The van der Waals surface area contributed by atoms with Gasteiger partial charge in [-0.1, -0.05) is 25.1 Å². The number of fused-ring (bicyclic) bond motifs is 1. The molecular formula is C23H29N3O3S. The number of benzene rings is 1. The van der Waals surface area contributed by atoms with E-state index in [0.29, 0.717) is 18.8 Å². The lowest BCUT2D eigenvalue weighted by atomic mass is 9.97. The highest BCUT2D eigenvalue weighted by molar-refractivity contribution is 7.10. The minimum atomic E-state index is -0.111. The van der Waals surface area contributed by atoms with Crippen LogP contribution in [0.15, 0.2) is 41.8 Å². The van der Waals surface area contributed by atoms with Gasteiger partial charge < -0.3 is 15.0 Å². The summed E-state index contributed by atoms with van der Waals surface area (Å²) in [5.41, 5.74) is 0.737. The maximum absolute atomic E-state index is 12.6. The number of nitrogens with one attached hydrogen (secondary N) is 1. The summed E-state index contributed by atoms with van der Waals surface area (Å²) in [6.45, 7) is 5.42. The molecule has 1 saturated heterocycles. The summed E-state index contributed by atoms with van der Waals surface area (Å²) in [5, 5.41) is 5.21. The van der Waals surface area contributed by atoms with Crippen LogP contribution in [0.5, 0.6) is 5.75 Å². The van der Waals surface area contributed by atoms with E-state index in [-0.39, 0.29) is 30.9 Å². The fourth-order valence-corrected chi connectivity index (χ4v) is 5.00. The summed E-state index contributed by atoms with van der Waals surface area (Å²) in [4.78, 5) is 30.3. The van der Waals surface area contributed by atoms with Crippen molar-refractivity contribution in [2.24, 2.45) is 5.92 Å². The molecule has 2 aliphatic rings. The first kappa shape index (κ1) is 20.9. The number of piperidine rings is 1. The zero-order valence-electron chi connectivity index (χ0n) is 17.4. The van der Waals surface area contributed by atoms with Crippen LogP contribution >= 0.6 is 11.3 Å². The zero-order valence-corrected chi connectivity index (χ0v) is 18.2. The van der Waals surface area contributed by atoms with Crippen LogP contribution in [-0.4, -0.2) is 49.5 Å². The molecule has 4 rings (SSSR count). The fourth-order valence-electron chi connectivity index (χ4n) is 4.14. The summed E-state index contributed by atoms with van der Waals surface area (Å²) in [6.07, 6.45) is 2.68. The van der Waals surface area contributed by atoms with Crippen molar-refractivity contribution < 1.29 is 14.3 Å². The van der Waals surface area contributed by atoms with Crippen molar-refractivity contribution in [3.8, 4) is 5.75 Å². The average molecular weight is 428 g/mol. The van der Waals surface area contributed by atoms with Gasteiger partial charge in [0.2, 0.25) is 5.91 Å². The Hall–Kier alpha value is -2.38. The van der Waals surface area contributed by atoms with Crippen LogP contribution in [-0.2, 0) is 9.59 Å². The van der Waals surface area contributed by atoms with Gasteiger partial charge in [0.1, 0.15) is 5.75 Å². The number of carbonyl (C=O) groups excluding carboxylic acids is 2. The fraction of sp³-hybridized carbons (Fsp3) is 0.478. The van der Waals surface area contributed by atoms with Crippen LogP contribution in [0.25, 0.3) is 0 Å². The van der Waals surface area contributed by atoms with E-state index in [1.807, 2.05) is 24.3 Å². The van der Waals surface area contributed by atoms with Gasteiger partial charge in [-0.05, 0) is 55.4 Å². The number of anilines is 1. The van der Waals surface area contributed by atoms with Gasteiger partial charge in [-0.2, -0.15) is 0 Å². The normalized spacial score (nSPS) is 18.6. The first-order valence-electron chi connectivity index (χ1n) is 10.7. The number of carbonyl (C=O) groups is 2. The molecule has 0 spiro atoms. The molecule has 1 fully saturated rings. The Labute approximate surface area is 181 Å². The predicted octanol–water partition coefficient (Wildman–Crippen LogP) is 3.45. The Morgan fingerprint density at radius 1 is 1.23 bits per heavy atom. The van der Waals surface area contributed by atoms with E-state index in [0.717, 1.165) is 24.7 Å². The third-order valence-electron chi connectivity index (χ3n) is 5.99. The highest BCUT2D eigenvalue weighted by Crippen LogP contribution is 2.32. The molecule has 30 heavy (non-hydrogen) atoms. The quantitative estimate of drug-likeness (QED) is 0.735. The Morgan fingerprint density at radius 3 is 2.80 bits per heavy atom. The average Bonchev–Trinajstić information content (AvgIpc) is 3.29. The molecule has 1 N–H and O–H groups in total. The van der Waals surface area contributed by atoms with Crippen LogP contribution in [0.1, 0.15) is 37.1 Å². The first-order valence-corrected chi connectivity index (χ1v) is 11.6. The van der Waals surface area contributed by atoms with Crippen molar-refractivity contribution >= 4 is 28.8 Å². The van der Waals surface area contributed by atoms with Crippen LogP contribution in [0, 0.1) is 5.92 Å². The minimum Gasteiger partial charge on any atom is -0.482 e. The lowest BCUT2D eigenvalue weighted by molar-refractivity contribution is -0.122. The standard InChI is InChI=1S/C23H29N3O3S/c1-17-8-11-25(12-9-17)19(21-7-4-14-30-21)15-24-22(27)10-13-26-18-5-2-3-6-20(18)29-16-23(26)28/h2-7,14,17,19H,8-13,15-16H2,1H3,(H,24,27)/t19-/m1/s1. The topological polar surface area (TPSA) is 61.9 Å². The van der Waals surface area contributed by atoms with E-state index in [1.165, 1.54) is 17.7 Å². The number of hydrogen-bond acceptors (Lipinski definition) is 5. The molecule has 1 aromatic heterocycles. The predicted molar refractivity (Wildman–Crippen MR) is 119 cm³/mol. The molecule has 0 aliphatic carbocycles. The second-order valence-electron chi connectivity index (χ2n) is 8.11. The third kappa shape index (κ3) is 4.84. The molecule has 7 heteroatoms. The van der Waals surface area contributed by atoms with Crippen LogP contribution in [0.4, 0.5) is 5.69 Å². The molecule has 2 aromatic rings. The van der Waals surface area contributed by atoms with E-state index in [2.05, 4.69) is 34.7 Å². The molecule has 2 aliphatic heterocycles. The minimum absolute atomic E-state index is 0.0203. The number of rotatable bonds is 7. The van der Waals surface area contributed by atoms with E-state index in [4.69, 9.17) is 4.74 Å². The van der Waals surface area contributed by atoms with Crippen molar-refractivity contribution in [1.82, 2.24) is 10.2 Å². The largest absolute Gasteiger partial charge is 0.482 e. The Morgan fingerprint density at radius 2 is 2.03 bits per heavy atom. The van der Waals surface area contributed by atoms with Gasteiger partial charge in [0.15, 0.2) is 6.61 Å². The zero-order chi connectivity index (χ0) is 20.9. The molecule has 0 radical (unpaired) electrons. The number of likely N-dealkylation sites (tertiary alicyclic amines) is 1. The highest BCUT2D eigenvalue weighted by atomic mass is 32.1. The molecule has 1 aromatic carbocycles. The Balaban J connectivity index is 1.34. The number of para-hydroxylation sites is 2. The molecule has 0 unspecified atom stereocenters. The summed E-state index contributed by atoms with van der Waals surface area (Å²) < 4.78 is 5.47. The van der Waals surface area contributed by atoms with Gasteiger partial charge in [-0.25, -0.2) is 0 Å². The summed E-state index contributed by atoms with van der Waals surface area (Å²) in [6, 6.07) is 11.9. The third-order valence-corrected chi connectivity index (χ3v) is 6.97. The molecule has 6 nitrogen and oxygen atoms in total. The second kappa shape index (κ2) is 9.62. The molecule has 160 valence electrons. The van der Waals surface area contributed by atoms with Crippen LogP contribution < -0.4 is 15.0 Å². The van der Waals surface area contributed by atoms with Crippen molar-refractivity contribution in [1.29, 1.82) is 0 Å². The van der Waals surface area contributed by atoms with Crippen molar-refractivity contribution in [2.45, 2.75) is 32.2 Å². The summed E-state index contributed by atoms with van der Waals surface area (Å²) in [7, 11) is 0. The first-order chi connectivity index (χ1) is 14.6. The highest BCUT2D eigenvalue weighted by Gasteiger charge is 2.27. The number of hydrogen-bond donors (Lipinski definition) is 1. The molecule has 1 atom stereocenters. The number of amides is 2. The number of thiophene rings is 1. The molecule has 3 heterocycles. The maximum Gasteiger partial charge on any atom is 0.265 e. The Bertz CT molecular complexity index is 862. The maximum atomic E-state index is 12.6. The lowest BCUT2D eigenvalue weighted by Gasteiger charge is -2.36. The van der Waals surface area contributed by atoms with Gasteiger partial charge in [-0.15, -0.1) is 11.3 Å². The van der Waals surface area contributed by atoms with Gasteiger partial charge in [0.05, 0.1) is 11.7 Å².